The van der Waals surface area contributed by atoms with Crippen LogP contribution in [0.25, 0.3) is 0 Å². The van der Waals surface area contributed by atoms with Crippen molar-refractivity contribution in [1.82, 2.24) is 10.2 Å². The van der Waals surface area contributed by atoms with Crippen LogP contribution >= 0.6 is 0 Å². The van der Waals surface area contributed by atoms with Gasteiger partial charge in [-0.05, 0) is 60.4 Å². The smallest absolute Gasteiger partial charge is 0.318 e. The van der Waals surface area contributed by atoms with Crippen molar-refractivity contribution >= 4 is 11.7 Å². The van der Waals surface area contributed by atoms with Crippen LogP contribution in [0.4, 0.5) is 14.9 Å². The second-order valence-electron chi connectivity index (χ2n) is 8.35. The standard InChI is InChI=1S/C27H27FN4O/c1-31(26(21-5-3-2-4-6-21)22-9-11-23(28)12-10-22)27(33)30-24-15-17-32(18-16-24)25-13-7-20(19-29)8-14-25/h2-14,24,26H,15-18H2,1H3,(H,30,33). The van der Waals surface area contributed by atoms with Crippen molar-refractivity contribution in [1.29, 1.82) is 5.26 Å². The van der Waals surface area contributed by atoms with Crippen molar-refractivity contribution in [3.8, 4) is 6.07 Å². The molecular formula is C27H27FN4O. The predicted octanol–water partition coefficient (Wildman–Crippen LogP) is 5.10. The van der Waals surface area contributed by atoms with Gasteiger partial charge in [-0.3, -0.25) is 0 Å². The van der Waals surface area contributed by atoms with Crippen molar-refractivity contribution in [2.75, 3.05) is 25.0 Å². The Hall–Kier alpha value is -3.85. The summed E-state index contributed by atoms with van der Waals surface area (Å²) in [6.45, 7) is 1.67. The lowest BCUT2D eigenvalue weighted by atomic mass is 9.97. The zero-order chi connectivity index (χ0) is 23.2. The molecule has 4 rings (SSSR count). The van der Waals surface area contributed by atoms with Gasteiger partial charge in [-0.25, -0.2) is 9.18 Å². The molecule has 1 N–H and O–H groups in total. The second-order valence-corrected chi connectivity index (χ2v) is 8.35. The molecule has 5 nitrogen and oxygen atoms in total. The molecule has 3 aromatic carbocycles. The molecule has 0 bridgehead atoms. The van der Waals surface area contributed by atoms with Gasteiger partial charge in [0, 0.05) is 31.9 Å². The molecule has 1 unspecified atom stereocenters. The van der Waals surface area contributed by atoms with E-state index in [0.29, 0.717) is 5.56 Å². The van der Waals surface area contributed by atoms with Crippen molar-refractivity contribution < 1.29 is 9.18 Å². The third kappa shape index (κ3) is 5.32. The van der Waals surface area contributed by atoms with Crippen LogP contribution in [-0.2, 0) is 0 Å². The summed E-state index contributed by atoms with van der Waals surface area (Å²) in [6, 6.07) is 25.5. The summed E-state index contributed by atoms with van der Waals surface area (Å²) < 4.78 is 13.5. The summed E-state index contributed by atoms with van der Waals surface area (Å²) in [5.41, 5.74) is 3.57. The van der Waals surface area contributed by atoms with E-state index in [1.807, 2.05) is 54.6 Å². The van der Waals surface area contributed by atoms with E-state index in [9.17, 15) is 9.18 Å². The SMILES string of the molecule is CN(C(=O)NC1CCN(c2ccc(C#N)cc2)CC1)C(c1ccccc1)c1ccc(F)cc1. The first-order valence-corrected chi connectivity index (χ1v) is 11.1. The molecule has 0 aliphatic carbocycles. The number of piperidine rings is 1. The number of carbonyl (C=O) groups is 1. The van der Waals surface area contributed by atoms with Crippen molar-refractivity contribution in [2.45, 2.75) is 24.9 Å². The number of hydrogen-bond donors (Lipinski definition) is 1. The number of anilines is 1. The van der Waals surface area contributed by atoms with E-state index in [1.165, 1.54) is 12.1 Å². The molecule has 1 saturated heterocycles. The summed E-state index contributed by atoms with van der Waals surface area (Å²) in [4.78, 5) is 17.2. The minimum atomic E-state index is -0.314. The summed E-state index contributed by atoms with van der Waals surface area (Å²) in [6.07, 6.45) is 1.68. The lowest BCUT2D eigenvalue weighted by Gasteiger charge is -2.36. The third-order valence-corrected chi connectivity index (χ3v) is 6.19. The lowest BCUT2D eigenvalue weighted by Crippen LogP contribution is -2.49. The lowest BCUT2D eigenvalue weighted by molar-refractivity contribution is 0.191. The van der Waals surface area contributed by atoms with Gasteiger partial charge < -0.3 is 15.1 Å². The van der Waals surface area contributed by atoms with Crippen LogP contribution in [0.3, 0.4) is 0 Å². The first-order valence-electron chi connectivity index (χ1n) is 11.1. The number of urea groups is 1. The van der Waals surface area contributed by atoms with E-state index in [-0.39, 0.29) is 23.9 Å². The van der Waals surface area contributed by atoms with E-state index in [1.54, 1.807) is 24.1 Å². The van der Waals surface area contributed by atoms with Crippen LogP contribution in [-0.4, -0.2) is 37.1 Å². The van der Waals surface area contributed by atoms with Gasteiger partial charge in [0.1, 0.15) is 5.82 Å². The molecule has 0 spiro atoms. The minimum Gasteiger partial charge on any atom is -0.371 e. The van der Waals surface area contributed by atoms with Gasteiger partial charge in [0.2, 0.25) is 0 Å². The molecule has 168 valence electrons. The molecule has 1 atom stereocenters. The number of benzene rings is 3. The molecule has 1 aliphatic heterocycles. The van der Waals surface area contributed by atoms with E-state index in [2.05, 4.69) is 16.3 Å². The van der Waals surface area contributed by atoms with E-state index in [4.69, 9.17) is 5.26 Å². The molecule has 1 fully saturated rings. The highest BCUT2D eigenvalue weighted by Gasteiger charge is 2.27. The number of halogens is 1. The average molecular weight is 443 g/mol. The van der Waals surface area contributed by atoms with Crippen LogP contribution in [0.1, 0.15) is 35.6 Å². The van der Waals surface area contributed by atoms with Crippen molar-refractivity contribution in [2.24, 2.45) is 0 Å². The zero-order valence-electron chi connectivity index (χ0n) is 18.6. The van der Waals surface area contributed by atoms with E-state index < -0.39 is 0 Å². The van der Waals surface area contributed by atoms with Crippen LogP contribution in [0.2, 0.25) is 0 Å². The number of amides is 2. The van der Waals surface area contributed by atoms with Crippen molar-refractivity contribution in [3.63, 3.8) is 0 Å². The quantitative estimate of drug-likeness (QED) is 0.598. The molecule has 3 aromatic rings. The molecule has 1 heterocycles. The molecule has 1 aliphatic rings. The summed E-state index contributed by atoms with van der Waals surface area (Å²) in [7, 11) is 1.78. The highest BCUT2D eigenvalue weighted by Crippen LogP contribution is 2.28. The fourth-order valence-electron chi connectivity index (χ4n) is 4.34. The average Bonchev–Trinajstić information content (AvgIpc) is 2.86. The molecular weight excluding hydrogens is 415 g/mol. The number of hydrogen-bond acceptors (Lipinski definition) is 3. The maximum atomic E-state index is 13.5. The van der Waals surface area contributed by atoms with Crippen molar-refractivity contribution in [3.05, 3.63) is 101 Å². The predicted molar refractivity (Wildman–Crippen MR) is 127 cm³/mol. The Labute approximate surface area is 194 Å². The number of nitrogens with one attached hydrogen (secondary N) is 1. The monoisotopic (exact) mass is 442 g/mol. The molecule has 6 heteroatoms. The van der Waals surface area contributed by atoms with Crippen LogP contribution in [0.15, 0.2) is 78.9 Å². The Morgan fingerprint density at radius 3 is 2.21 bits per heavy atom. The van der Waals surface area contributed by atoms with Crippen LogP contribution < -0.4 is 10.2 Å². The fraction of sp³-hybridized carbons (Fsp3) is 0.259. The molecule has 0 radical (unpaired) electrons. The molecule has 0 aromatic heterocycles. The number of nitrogens with zero attached hydrogens (tertiary/aromatic N) is 3. The number of carbonyl (C=O) groups excluding carboxylic acids is 1. The van der Waals surface area contributed by atoms with E-state index in [0.717, 1.165) is 42.7 Å². The minimum absolute atomic E-state index is 0.0826. The molecule has 33 heavy (non-hydrogen) atoms. The topological polar surface area (TPSA) is 59.4 Å². The van der Waals surface area contributed by atoms with Crippen LogP contribution in [0, 0.1) is 17.1 Å². The van der Waals surface area contributed by atoms with Gasteiger partial charge in [0.05, 0.1) is 17.7 Å². The maximum absolute atomic E-state index is 13.5. The Bertz CT molecular complexity index is 1100. The summed E-state index contributed by atoms with van der Waals surface area (Å²) in [5, 5.41) is 12.2. The van der Waals surface area contributed by atoms with Gasteiger partial charge in [-0.1, -0.05) is 42.5 Å². The normalized spacial score (nSPS) is 14.9. The fourth-order valence-corrected chi connectivity index (χ4v) is 4.34. The summed E-state index contributed by atoms with van der Waals surface area (Å²) >= 11 is 0. The Kier molecular flexibility index (Phi) is 6.89. The van der Waals surface area contributed by atoms with Gasteiger partial charge >= 0.3 is 6.03 Å². The van der Waals surface area contributed by atoms with Gasteiger partial charge in [0.25, 0.3) is 0 Å². The first kappa shape index (κ1) is 22.3. The molecule has 0 saturated carbocycles. The Morgan fingerprint density at radius 2 is 1.61 bits per heavy atom. The van der Waals surface area contributed by atoms with Gasteiger partial charge in [0.15, 0.2) is 0 Å². The summed E-state index contributed by atoms with van der Waals surface area (Å²) in [5.74, 6) is -0.299. The second kappa shape index (κ2) is 10.2. The Balaban J connectivity index is 1.41. The molecule has 2 amide bonds. The van der Waals surface area contributed by atoms with Gasteiger partial charge in [-0.15, -0.1) is 0 Å². The maximum Gasteiger partial charge on any atom is 0.318 e. The van der Waals surface area contributed by atoms with Crippen LogP contribution in [0.5, 0.6) is 0 Å². The highest BCUT2D eigenvalue weighted by atomic mass is 19.1. The van der Waals surface area contributed by atoms with Gasteiger partial charge in [-0.2, -0.15) is 5.26 Å². The Morgan fingerprint density at radius 1 is 1.00 bits per heavy atom. The zero-order valence-corrected chi connectivity index (χ0v) is 18.6. The number of nitriles is 1. The highest BCUT2D eigenvalue weighted by molar-refractivity contribution is 5.75. The van der Waals surface area contributed by atoms with E-state index >= 15 is 0 Å². The largest absolute Gasteiger partial charge is 0.371 e. The third-order valence-electron chi connectivity index (χ3n) is 6.19. The number of rotatable bonds is 5. The first-order chi connectivity index (χ1) is 16.0.